The molecule has 0 radical (unpaired) electrons. The summed E-state index contributed by atoms with van der Waals surface area (Å²) >= 11 is 3.62. The van der Waals surface area contributed by atoms with E-state index in [1.807, 2.05) is 6.07 Å². The summed E-state index contributed by atoms with van der Waals surface area (Å²) in [4.78, 5) is 25.4. The lowest BCUT2D eigenvalue weighted by Crippen LogP contribution is -2.45. The second-order valence-corrected chi connectivity index (χ2v) is 6.77. The fourth-order valence-corrected chi connectivity index (χ4v) is 3.89. The van der Waals surface area contributed by atoms with Crippen LogP contribution in [0.4, 0.5) is 0 Å². The smallest absolute Gasteiger partial charge is 0.230 e. The minimum Gasteiger partial charge on any atom is -0.302 e. The zero-order valence-corrected chi connectivity index (χ0v) is 13.4. The van der Waals surface area contributed by atoms with Gasteiger partial charge in [0.1, 0.15) is 0 Å². The molecule has 1 aromatic rings. The van der Waals surface area contributed by atoms with Gasteiger partial charge < -0.3 is 4.90 Å². The number of nitrogens with one attached hydrogen (secondary N) is 1. The molecule has 2 fully saturated rings. The van der Waals surface area contributed by atoms with Gasteiger partial charge in [-0.2, -0.15) is 0 Å². The van der Waals surface area contributed by atoms with Gasteiger partial charge in [0.2, 0.25) is 11.8 Å². The van der Waals surface area contributed by atoms with E-state index in [1.165, 1.54) is 5.56 Å². The lowest BCUT2D eigenvalue weighted by Gasteiger charge is -2.25. The summed E-state index contributed by atoms with van der Waals surface area (Å²) in [7, 11) is 0. The van der Waals surface area contributed by atoms with Gasteiger partial charge in [-0.15, -0.1) is 0 Å². The number of rotatable bonds is 3. The molecule has 112 valence electrons. The van der Waals surface area contributed by atoms with Crippen LogP contribution in [-0.4, -0.2) is 36.3 Å². The Labute approximate surface area is 133 Å². The Bertz CT molecular complexity index is 561. The number of carbonyl (C=O) groups excluding carboxylic acids is 2. The van der Waals surface area contributed by atoms with E-state index in [0.29, 0.717) is 18.8 Å². The van der Waals surface area contributed by atoms with Gasteiger partial charge in [-0.3, -0.25) is 14.9 Å². The second-order valence-electron chi connectivity index (χ2n) is 5.91. The number of halogens is 1. The van der Waals surface area contributed by atoms with Crippen LogP contribution in [0.25, 0.3) is 0 Å². The first-order valence-corrected chi connectivity index (χ1v) is 8.23. The van der Waals surface area contributed by atoms with Crippen molar-refractivity contribution in [2.24, 2.45) is 5.92 Å². The molecule has 2 aliphatic heterocycles. The average molecular weight is 351 g/mol. The maximum Gasteiger partial charge on any atom is 0.230 e. The molecule has 2 aliphatic rings. The van der Waals surface area contributed by atoms with Gasteiger partial charge in [-0.1, -0.05) is 34.1 Å². The van der Waals surface area contributed by atoms with Crippen molar-refractivity contribution in [1.82, 2.24) is 10.2 Å². The zero-order chi connectivity index (χ0) is 14.8. The molecule has 0 spiro atoms. The number of nitrogens with zero attached hydrogens (tertiary/aromatic N) is 1. The summed E-state index contributed by atoms with van der Waals surface area (Å²) in [6, 6.07) is 8.36. The molecule has 2 saturated heterocycles. The summed E-state index contributed by atoms with van der Waals surface area (Å²) in [6.45, 7) is 2.77. The van der Waals surface area contributed by atoms with Crippen LogP contribution in [0.2, 0.25) is 0 Å². The first kappa shape index (κ1) is 14.7. The van der Waals surface area contributed by atoms with E-state index < -0.39 is 0 Å². The minimum atomic E-state index is -0.135. The Balaban J connectivity index is 1.59. The van der Waals surface area contributed by atoms with Crippen LogP contribution in [0.3, 0.4) is 0 Å². The number of amides is 2. The SMILES string of the molecule is O=C1CCC(CN2CCC(c3ccccc3Br)C2)C(=O)N1. The summed E-state index contributed by atoms with van der Waals surface area (Å²) in [5.74, 6) is 0.244. The van der Waals surface area contributed by atoms with Crippen LogP contribution in [-0.2, 0) is 9.59 Å². The second kappa shape index (κ2) is 6.28. The van der Waals surface area contributed by atoms with Gasteiger partial charge in [0, 0.05) is 24.0 Å². The number of benzene rings is 1. The number of imide groups is 1. The highest BCUT2D eigenvalue weighted by atomic mass is 79.9. The van der Waals surface area contributed by atoms with E-state index in [2.05, 4.69) is 44.3 Å². The van der Waals surface area contributed by atoms with Gasteiger partial charge >= 0.3 is 0 Å². The molecule has 21 heavy (non-hydrogen) atoms. The number of hydrogen-bond donors (Lipinski definition) is 1. The lowest BCUT2D eigenvalue weighted by molar-refractivity contribution is -0.136. The molecule has 0 aliphatic carbocycles. The molecular formula is C16H19BrN2O2. The van der Waals surface area contributed by atoms with Crippen molar-refractivity contribution in [3.8, 4) is 0 Å². The largest absolute Gasteiger partial charge is 0.302 e. The molecule has 2 atom stereocenters. The van der Waals surface area contributed by atoms with Crippen molar-refractivity contribution in [3.05, 3.63) is 34.3 Å². The molecule has 1 aromatic carbocycles. The highest BCUT2D eigenvalue weighted by Crippen LogP contribution is 2.32. The van der Waals surface area contributed by atoms with Crippen molar-refractivity contribution in [2.75, 3.05) is 19.6 Å². The fraction of sp³-hybridized carbons (Fsp3) is 0.500. The van der Waals surface area contributed by atoms with Crippen LogP contribution in [0, 0.1) is 5.92 Å². The molecule has 2 unspecified atom stereocenters. The highest BCUT2D eigenvalue weighted by molar-refractivity contribution is 9.10. The molecule has 2 amide bonds. The van der Waals surface area contributed by atoms with Crippen LogP contribution in [0.15, 0.2) is 28.7 Å². The number of hydrogen-bond acceptors (Lipinski definition) is 3. The van der Waals surface area contributed by atoms with Gasteiger partial charge in [0.05, 0.1) is 5.92 Å². The quantitative estimate of drug-likeness (QED) is 0.851. The third kappa shape index (κ3) is 3.35. The van der Waals surface area contributed by atoms with Crippen LogP contribution < -0.4 is 5.32 Å². The lowest BCUT2D eigenvalue weighted by atomic mass is 9.97. The maximum atomic E-state index is 11.8. The van der Waals surface area contributed by atoms with Gasteiger partial charge in [-0.25, -0.2) is 0 Å². The van der Waals surface area contributed by atoms with Gasteiger partial charge in [0.15, 0.2) is 0 Å². The van der Waals surface area contributed by atoms with E-state index in [-0.39, 0.29) is 17.7 Å². The summed E-state index contributed by atoms with van der Waals surface area (Å²) < 4.78 is 1.16. The van der Waals surface area contributed by atoms with E-state index in [1.54, 1.807) is 0 Å². The molecule has 0 aromatic heterocycles. The minimum absolute atomic E-state index is 0.0411. The van der Waals surface area contributed by atoms with Crippen molar-refractivity contribution in [3.63, 3.8) is 0 Å². The standard InChI is InChI=1S/C16H19BrN2O2/c17-14-4-2-1-3-13(14)11-7-8-19(9-11)10-12-5-6-15(20)18-16(12)21/h1-4,11-12H,5-10H2,(H,18,20,21). The van der Waals surface area contributed by atoms with Crippen molar-refractivity contribution < 1.29 is 9.59 Å². The maximum absolute atomic E-state index is 11.8. The molecule has 5 heteroatoms. The van der Waals surface area contributed by atoms with E-state index in [9.17, 15) is 9.59 Å². The predicted molar refractivity (Wildman–Crippen MR) is 83.8 cm³/mol. The van der Waals surface area contributed by atoms with Crippen LogP contribution in [0.1, 0.15) is 30.7 Å². The fourth-order valence-electron chi connectivity index (χ4n) is 3.28. The average Bonchev–Trinajstić information content (AvgIpc) is 2.91. The van der Waals surface area contributed by atoms with Crippen molar-refractivity contribution in [1.29, 1.82) is 0 Å². The first-order chi connectivity index (χ1) is 10.1. The third-order valence-electron chi connectivity index (χ3n) is 4.45. The first-order valence-electron chi connectivity index (χ1n) is 7.44. The van der Waals surface area contributed by atoms with Crippen molar-refractivity contribution in [2.45, 2.75) is 25.2 Å². The number of piperidine rings is 1. The summed E-state index contributed by atoms with van der Waals surface area (Å²) in [5.41, 5.74) is 1.35. The Morgan fingerprint density at radius 3 is 2.81 bits per heavy atom. The summed E-state index contributed by atoms with van der Waals surface area (Å²) in [6.07, 6.45) is 2.27. The molecule has 4 nitrogen and oxygen atoms in total. The highest BCUT2D eigenvalue weighted by Gasteiger charge is 2.31. The molecular weight excluding hydrogens is 332 g/mol. The normalized spacial score (nSPS) is 26.9. The van der Waals surface area contributed by atoms with E-state index in [0.717, 1.165) is 30.5 Å². The number of likely N-dealkylation sites (tertiary alicyclic amines) is 1. The molecule has 3 rings (SSSR count). The predicted octanol–water partition coefficient (Wildman–Crippen LogP) is 2.29. The van der Waals surface area contributed by atoms with E-state index in [4.69, 9.17) is 0 Å². The van der Waals surface area contributed by atoms with Gasteiger partial charge in [0.25, 0.3) is 0 Å². The number of carbonyl (C=O) groups is 2. The Morgan fingerprint density at radius 2 is 2.05 bits per heavy atom. The van der Waals surface area contributed by atoms with Crippen LogP contribution in [0.5, 0.6) is 0 Å². The summed E-state index contributed by atoms with van der Waals surface area (Å²) in [5, 5.41) is 2.44. The molecule has 0 bridgehead atoms. The molecule has 2 heterocycles. The van der Waals surface area contributed by atoms with Crippen molar-refractivity contribution >= 4 is 27.7 Å². The Hall–Kier alpha value is -1.20. The monoisotopic (exact) mass is 350 g/mol. The van der Waals surface area contributed by atoms with Gasteiger partial charge in [-0.05, 0) is 36.9 Å². The van der Waals surface area contributed by atoms with Crippen LogP contribution >= 0.6 is 15.9 Å². The Morgan fingerprint density at radius 1 is 1.24 bits per heavy atom. The molecule has 1 N–H and O–H groups in total. The van der Waals surface area contributed by atoms with E-state index >= 15 is 0 Å². The topological polar surface area (TPSA) is 49.4 Å². The third-order valence-corrected chi connectivity index (χ3v) is 5.17. The zero-order valence-electron chi connectivity index (χ0n) is 11.8. The Kier molecular flexibility index (Phi) is 4.40. The molecule has 0 saturated carbocycles.